The number of fused-ring (bicyclic) bond motifs is 1. The van der Waals surface area contributed by atoms with E-state index in [4.69, 9.17) is 14.2 Å². The van der Waals surface area contributed by atoms with E-state index in [9.17, 15) is 9.59 Å². The fourth-order valence-electron chi connectivity index (χ4n) is 3.35. The predicted octanol–water partition coefficient (Wildman–Crippen LogP) is 1.80. The van der Waals surface area contributed by atoms with Crippen molar-refractivity contribution in [1.29, 1.82) is 0 Å². The number of rotatable bonds is 5. The molecule has 0 radical (unpaired) electrons. The number of carbonyl (C=O) groups excluding carboxylic acids is 2. The van der Waals surface area contributed by atoms with Crippen molar-refractivity contribution in [2.24, 2.45) is 5.92 Å². The Balaban J connectivity index is 0.00000102. The van der Waals surface area contributed by atoms with Crippen LogP contribution in [0.25, 0.3) is 0 Å². The molecular formula is C20H28N2O5. The molecule has 3 heterocycles. The van der Waals surface area contributed by atoms with Crippen LogP contribution in [0.15, 0.2) is 18.2 Å². The van der Waals surface area contributed by atoms with E-state index in [1.807, 2.05) is 13.8 Å². The molecular weight excluding hydrogens is 348 g/mol. The smallest absolute Gasteiger partial charge is 0.231 e. The van der Waals surface area contributed by atoms with Gasteiger partial charge in [-0.2, -0.15) is 0 Å². The van der Waals surface area contributed by atoms with Crippen LogP contribution in [0.1, 0.15) is 31.1 Å². The van der Waals surface area contributed by atoms with Gasteiger partial charge >= 0.3 is 0 Å². The lowest BCUT2D eigenvalue weighted by Crippen LogP contribution is -2.63. The highest BCUT2D eigenvalue weighted by Gasteiger charge is 2.41. The van der Waals surface area contributed by atoms with Gasteiger partial charge in [0, 0.05) is 25.7 Å². The third-order valence-corrected chi connectivity index (χ3v) is 5.36. The van der Waals surface area contributed by atoms with Crippen LogP contribution in [0, 0.1) is 5.92 Å². The summed E-state index contributed by atoms with van der Waals surface area (Å²) >= 11 is 0. The average molecular weight is 376 g/mol. The SMILES string of the molecule is CC.CC(C(=O)c1ccc2c(c1)OCO2)N(C)C(=O)C1CN(C2COC2)C1. The first kappa shape index (κ1) is 19.6. The van der Waals surface area contributed by atoms with Gasteiger partial charge in [-0.15, -0.1) is 0 Å². The van der Waals surface area contributed by atoms with Crippen LogP contribution in [0.2, 0.25) is 0 Å². The van der Waals surface area contributed by atoms with Crippen molar-refractivity contribution in [3.63, 3.8) is 0 Å². The van der Waals surface area contributed by atoms with Crippen LogP contribution < -0.4 is 9.47 Å². The highest BCUT2D eigenvalue weighted by Crippen LogP contribution is 2.33. The highest BCUT2D eigenvalue weighted by molar-refractivity contribution is 6.02. The normalized spacial score (nSPS) is 20.0. The Morgan fingerprint density at radius 2 is 1.81 bits per heavy atom. The molecule has 1 amide bonds. The molecule has 1 aromatic rings. The van der Waals surface area contributed by atoms with Crippen LogP contribution in [0.3, 0.4) is 0 Å². The Labute approximate surface area is 160 Å². The van der Waals surface area contributed by atoms with Crippen molar-refractivity contribution < 1.29 is 23.8 Å². The number of nitrogens with zero attached hydrogens (tertiary/aromatic N) is 2. The number of ether oxygens (including phenoxy) is 3. The summed E-state index contributed by atoms with van der Waals surface area (Å²) < 4.78 is 15.8. The zero-order chi connectivity index (χ0) is 19.6. The molecule has 1 aromatic carbocycles. The van der Waals surface area contributed by atoms with Gasteiger partial charge in [0.2, 0.25) is 12.7 Å². The number of carbonyl (C=O) groups is 2. The predicted molar refractivity (Wildman–Crippen MR) is 100 cm³/mol. The van der Waals surface area contributed by atoms with Gasteiger partial charge < -0.3 is 19.1 Å². The summed E-state index contributed by atoms with van der Waals surface area (Å²) in [4.78, 5) is 29.2. The number of amides is 1. The van der Waals surface area contributed by atoms with E-state index >= 15 is 0 Å². The molecule has 0 saturated carbocycles. The number of ketones is 1. The Bertz CT molecular complexity index is 698. The molecule has 27 heavy (non-hydrogen) atoms. The molecule has 1 unspecified atom stereocenters. The highest BCUT2D eigenvalue weighted by atomic mass is 16.7. The van der Waals surface area contributed by atoms with Crippen molar-refractivity contribution in [3.05, 3.63) is 23.8 Å². The molecule has 4 rings (SSSR count). The van der Waals surface area contributed by atoms with E-state index < -0.39 is 6.04 Å². The maximum atomic E-state index is 12.7. The second-order valence-electron chi connectivity index (χ2n) is 6.90. The zero-order valence-corrected chi connectivity index (χ0v) is 16.4. The van der Waals surface area contributed by atoms with E-state index in [-0.39, 0.29) is 24.4 Å². The molecule has 3 aliphatic heterocycles. The maximum Gasteiger partial charge on any atom is 0.231 e. The number of hydrogen-bond acceptors (Lipinski definition) is 6. The van der Waals surface area contributed by atoms with E-state index in [0.717, 1.165) is 26.3 Å². The third-order valence-electron chi connectivity index (χ3n) is 5.36. The monoisotopic (exact) mass is 376 g/mol. The van der Waals surface area contributed by atoms with Gasteiger partial charge in [0.05, 0.1) is 31.2 Å². The fraction of sp³-hybridized carbons (Fsp3) is 0.600. The Morgan fingerprint density at radius 3 is 2.44 bits per heavy atom. The molecule has 2 saturated heterocycles. The summed E-state index contributed by atoms with van der Waals surface area (Å²) in [5.41, 5.74) is 0.526. The molecule has 0 bridgehead atoms. The van der Waals surface area contributed by atoms with E-state index in [2.05, 4.69) is 4.90 Å². The standard InChI is InChI=1S/C18H22N2O5.C2H6/c1-11(17(21)12-3-4-15-16(5-12)25-10-24-15)19(2)18(22)13-6-20(7-13)14-8-23-9-14;1-2/h3-5,11,13-14H,6-10H2,1-2H3;1-2H3. The van der Waals surface area contributed by atoms with E-state index in [0.29, 0.717) is 23.1 Å². The zero-order valence-electron chi connectivity index (χ0n) is 16.4. The quantitative estimate of drug-likeness (QED) is 0.730. The number of likely N-dealkylation sites (tertiary alicyclic amines) is 1. The Kier molecular flexibility index (Phi) is 6.01. The first-order valence-electron chi connectivity index (χ1n) is 9.57. The van der Waals surface area contributed by atoms with E-state index in [1.54, 1.807) is 37.1 Å². The number of hydrogen-bond donors (Lipinski definition) is 0. The van der Waals surface area contributed by atoms with Gasteiger partial charge in [-0.3, -0.25) is 14.5 Å². The molecule has 3 aliphatic rings. The molecule has 0 aromatic heterocycles. The Hall–Kier alpha value is -2.12. The molecule has 0 aliphatic carbocycles. The topological polar surface area (TPSA) is 68.3 Å². The molecule has 1 atom stereocenters. The van der Waals surface area contributed by atoms with Crippen molar-refractivity contribution in [2.75, 3.05) is 40.1 Å². The minimum atomic E-state index is -0.519. The van der Waals surface area contributed by atoms with Crippen LogP contribution >= 0.6 is 0 Å². The summed E-state index contributed by atoms with van der Waals surface area (Å²) in [5, 5.41) is 0. The minimum absolute atomic E-state index is 0.0260. The molecule has 148 valence electrons. The van der Waals surface area contributed by atoms with Crippen molar-refractivity contribution in [1.82, 2.24) is 9.80 Å². The van der Waals surface area contributed by atoms with Crippen LogP contribution in [0.4, 0.5) is 0 Å². The summed E-state index contributed by atoms with van der Waals surface area (Å²) in [6, 6.07) is 5.07. The first-order valence-corrected chi connectivity index (χ1v) is 9.57. The average Bonchev–Trinajstić information content (AvgIpc) is 3.09. The van der Waals surface area contributed by atoms with Gasteiger partial charge in [0.15, 0.2) is 17.3 Å². The molecule has 7 nitrogen and oxygen atoms in total. The second-order valence-corrected chi connectivity index (χ2v) is 6.90. The molecule has 2 fully saturated rings. The summed E-state index contributed by atoms with van der Waals surface area (Å²) in [5.74, 6) is 1.11. The van der Waals surface area contributed by atoms with Gasteiger partial charge in [0.25, 0.3) is 0 Å². The van der Waals surface area contributed by atoms with E-state index in [1.165, 1.54) is 0 Å². The van der Waals surface area contributed by atoms with Gasteiger partial charge in [0.1, 0.15) is 0 Å². The summed E-state index contributed by atoms with van der Waals surface area (Å²) in [7, 11) is 1.70. The molecule has 7 heteroatoms. The largest absolute Gasteiger partial charge is 0.454 e. The Morgan fingerprint density at radius 1 is 1.15 bits per heavy atom. The minimum Gasteiger partial charge on any atom is -0.454 e. The molecule has 0 spiro atoms. The van der Waals surface area contributed by atoms with Crippen molar-refractivity contribution >= 4 is 11.7 Å². The van der Waals surface area contributed by atoms with Crippen LogP contribution in [0.5, 0.6) is 11.5 Å². The van der Waals surface area contributed by atoms with Gasteiger partial charge in [-0.05, 0) is 25.1 Å². The van der Waals surface area contributed by atoms with Crippen molar-refractivity contribution in [3.8, 4) is 11.5 Å². The number of Topliss-reactive ketones (excluding diaryl/α,β-unsaturated/α-hetero) is 1. The van der Waals surface area contributed by atoms with Gasteiger partial charge in [-0.25, -0.2) is 0 Å². The first-order chi connectivity index (χ1) is 13.0. The number of benzene rings is 1. The van der Waals surface area contributed by atoms with Gasteiger partial charge in [-0.1, -0.05) is 13.8 Å². The lowest BCUT2D eigenvalue weighted by atomic mass is 9.94. The summed E-state index contributed by atoms with van der Waals surface area (Å²) in [6.45, 7) is 8.96. The molecule has 0 N–H and O–H groups in total. The van der Waals surface area contributed by atoms with Crippen molar-refractivity contribution in [2.45, 2.75) is 32.9 Å². The fourth-order valence-corrected chi connectivity index (χ4v) is 3.35. The summed E-state index contributed by atoms with van der Waals surface area (Å²) in [6.07, 6.45) is 0. The van der Waals surface area contributed by atoms with Crippen LogP contribution in [-0.4, -0.2) is 73.7 Å². The lowest BCUT2D eigenvalue weighted by molar-refractivity contribution is -0.149. The maximum absolute atomic E-state index is 12.7. The number of likely N-dealkylation sites (N-methyl/N-ethyl adjacent to an activating group) is 1. The third kappa shape index (κ3) is 3.80. The lowest BCUT2D eigenvalue weighted by Gasteiger charge is -2.47. The van der Waals surface area contributed by atoms with Crippen LogP contribution in [-0.2, 0) is 9.53 Å². The second kappa shape index (κ2) is 8.27.